The average molecular weight is 295 g/mol. The molecule has 1 aromatic carbocycles. The molecule has 1 N–H and O–H groups in total. The number of rotatable bonds is 3. The van der Waals surface area contributed by atoms with E-state index in [9.17, 15) is 0 Å². The quantitative estimate of drug-likeness (QED) is 0.933. The maximum atomic E-state index is 5.52. The molecule has 0 bridgehead atoms. The van der Waals surface area contributed by atoms with E-state index in [0.29, 0.717) is 6.61 Å². The zero-order valence-electron chi connectivity index (χ0n) is 10.2. The van der Waals surface area contributed by atoms with Crippen LogP contribution in [-0.2, 0) is 0 Å². The van der Waals surface area contributed by atoms with Crippen molar-refractivity contribution in [3.63, 3.8) is 0 Å². The second-order valence-corrected chi connectivity index (χ2v) is 4.69. The molecule has 2 aromatic rings. The first kappa shape index (κ1) is 12.2. The number of aromatic amines is 1. The van der Waals surface area contributed by atoms with Gasteiger partial charge in [-0.05, 0) is 60.5 Å². The molecule has 0 amide bonds. The summed E-state index contributed by atoms with van der Waals surface area (Å²) in [7, 11) is 0. The Morgan fingerprint density at radius 3 is 2.65 bits per heavy atom. The van der Waals surface area contributed by atoms with E-state index in [0.717, 1.165) is 33.0 Å². The number of hydrogen-bond donors (Lipinski definition) is 1. The number of hydrogen-bond acceptors (Lipinski definition) is 2. The smallest absolute Gasteiger partial charge is 0.122 e. The Balaban J connectivity index is 2.41. The fraction of sp³-hybridized carbons (Fsp3) is 0.308. The predicted molar refractivity (Wildman–Crippen MR) is 72.4 cm³/mol. The number of halogens is 1. The third-order valence-electron chi connectivity index (χ3n) is 2.53. The van der Waals surface area contributed by atoms with Gasteiger partial charge < -0.3 is 9.72 Å². The number of imidazole rings is 1. The van der Waals surface area contributed by atoms with Crippen molar-refractivity contribution in [2.24, 2.45) is 0 Å². The van der Waals surface area contributed by atoms with Crippen molar-refractivity contribution in [3.8, 4) is 17.0 Å². The van der Waals surface area contributed by atoms with E-state index < -0.39 is 0 Å². The van der Waals surface area contributed by atoms with Gasteiger partial charge in [0.1, 0.15) is 21.9 Å². The molecule has 0 aliphatic heterocycles. The molecule has 1 aromatic heterocycles. The molecule has 0 unspecified atom stereocenters. The van der Waals surface area contributed by atoms with Crippen LogP contribution >= 0.6 is 15.9 Å². The highest BCUT2D eigenvalue weighted by Gasteiger charge is 2.09. The lowest BCUT2D eigenvalue weighted by atomic mass is 10.1. The van der Waals surface area contributed by atoms with Gasteiger partial charge in [0.05, 0.1) is 6.61 Å². The van der Waals surface area contributed by atoms with Crippen LogP contribution in [0.5, 0.6) is 5.75 Å². The van der Waals surface area contributed by atoms with E-state index in [2.05, 4.69) is 32.0 Å². The van der Waals surface area contributed by atoms with Crippen LogP contribution in [0.1, 0.15) is 18.3 Å². The van der Waals surface area contributed by atoms with E-state index in [1.165, 1.54) is 0 Å². The van der Waals surface area contributed by atoms with Crippen LogP contribution in [0, 0.1) is 13.8 Å². The minimum atomic E-state index is 0.686. The van der Waals surface area contributed by atoms with Crippen molar-refractivity contribution < 1.29 is 4.74 Å². The first-order chi connectivity index (χ1) is 8.11. The van der Waals surface area contributed by atoms with Crippen LogP contribution in [0.2, 0.25) is 0 Å². The summed E-state index contributed by atoms with van der Waals surface area (Å²) >= 11 is 3.48. The predicted octanol–water partition coefficient (Wildman–Crippen LogP) is 3.85. The molecule has 17 heavy (non-hydrogen) atoms. The zero-order valence-corrected chi connectivity index (χ0v) is 11.8. The number of benzene rings is 1. The second kappa shape index (κ2) is 4.92. The second-order valence-electron chi connectivity index (χ2n) is 3.90. The minimum Gasteiger partial charge on any atom is -0.494 e. The Labute approximate surface area is 109 Å². The minimum absolute atomic E-state index is 0.686. The summed E-state index contributed by atoms with van der Waals surface area (Å²) in [5.74, 6) is 1.83. The molecule has 0 spiro atoms. The lowest BCUT2D eigenvalue weighted by Gasteiger charge is -2.08. The summed E-state index contributed by atoms with van der Waals surface area (Å²) in [6, 6.07) is 6.11. The Hall–Kier alpha value is -1.29. The molecule has 0 aliphatic carbocycles. The SMILES string of the molecule is CCOc1ccc(-c2nc(C)[nH]c2Br)cc1C. The van der Waals surface area contributed by atoms with Gasteiger partial charge in [-0.1, -0.05) is 0 Å². The van der Waals surface area contributed by atoms with Gasteiger partial charge in [-0.15, -0.1) is 0 Å². The largest absolute Gasteiger partial charge is 0.494 e. The number of nitrogens with zero attached hydrogens (tertiary/aromatic N) is 1. The van der Waals surface area contributed by atoms with E-state index in [1.54, 1.807) is 0 Å². The Morgan fingerprint density at radius 1 is 1.35 bits per heavy atom. The first-order valence-corrected chi connectivity index (χ1v) is 6.37. The van der Waals surface area contributed by atoms with Gasteiger partial charge in [0, 0.05) is 5.56 Å². The van der Waals surface area contributed by atoms with Gasteiger partial charge in [0.2, 0.25) is 0 Å². The van der Waals surface area contributed by atoms with E-state index in [4.69, 9.17) is 4.74 Å². The maximum Gasteiger partial charge on any atom is 0.122 e. The van der Waals surface area contributed by atoms with Gasteiger partial charge in [0.25, 0.3) is 0 Å². The topological polar surface area (TPSA) is 37.9 Å². The summed E-state index contributed by atoms with van der Waals surface area (Å²) < 4.78 is 6.44. The molecule has 0 radical (unpaired) electrons. The Morgan fingerprint density at radius 2 is 2.12 bits per heavy atom. The van der Waals surface area contributed by atoms with Crippen molar-refractivity contribution >= 4 is 15.9 Å². The molecule has 1 heterocycles. The van der Waals surface area contributed by atoms with Crippen LogP contribution in [0.3, 0.4) is 0 Å². The van der Waals surface area contributed by atoms with Crippen LogP contribution in [0.4, 0.5) is 0 Å². The highest BCUT2D eigenvalue weighted by atomic mass is 79.9. The van der Waals surface area contributed by atoms with Gasteiger partial charge in [0.15, 0.2) is 0 Å². The van der Waals surface area contributed by atoms with Crippen molar-refractivity contribution in [2.75, 3.05) is 6.61 Å². The molecule has 2 rings (SSSR count). The fourth-order valence-electron chi connectivity index (χ4n) is 1.77. The molecule has 4 heteroatoms. The summed E-state index contributed by atoms with van der Waals surface area (Å²) in [6.45, 7) is 6.66. The summed E-state index contributed by atoms with van der Waals surface area (Å²) in [6.07, 6.45) is 0. The normalized spacial score (nSPS) is 10.6. The van der Waals surface area contributed by atoms with Crippen molar-refractivity contribution in [2.45, 2.75) is 20.8 Å². The third kappa shape index (κ3) is 2.52. The van der Waals surface area contributed by atoms with E-state index >= 15 is 0 Å². The number of nitrogens with one attached hydrogen (secondary N) is 1. The molecule has 90 valence electrons. The van der Waals surface area contributed by atoms with E-state index in [-0.39, 0.29) is 0 Å². The third-order valence-corrected chi connectivity index (χ3v) is 3.10. The Bertz CT molecular complexity index is 534. The molecular formula is C13H15BrN2O. The van der Waals surface area contributed by atoms with Crippen molar-refractivity contribution in [1.29, 1.82) is 0 Å². The van der Waals surface area contributed by atoms with Crippen LogP contribution in [-0.4, -0.2) is 16.6 Å². The maximum absolute atomic E-state index is 5.52. The Kier molecular flexibility index (Phi) is 3.52. The monoisotopic (exact) mass is 294 g/mol. The molecule has 0 saturated carbocycles. The average Bonchev–Trinajstić information content (AvgIpc) is 2.61. The zero-order chi connectivity index (χ0) is 12.4. The van der Waals surface area contributed by atoms with Gasteiger partial charge >= 0.3 is 0 Å². The molecule has 0 fully saturated rings. The van der Waals surface area contributed by atoms with Gasteiger partial charge in [-0.25, -0.2) is 4.98 Å². The first-order valence-electron chi connectivity index (χ1n) is 5.57. The lowest BCUT2D eigenvalue weighted by molar-refractivity contribution is 0.338. The van der Waals surface area contributed by atoms with Gasteiger partial charge in [-0.2, -0.15) is 0 Å². The molecule has 0 aliphatic rings. The van der Waals surface area contributed by atoms with Crippen LogP contribution in [0.15, 0.2) is 22.8 Å². The molecule has 0 saturated heterocycles. The number of aryl methyl sites for hydroxylation is 2. The lowest BCUT2D eigenvalue weighted by Crippen LogP contribution is -1.94. The highest BCUT2D eigenvalue weighted by Crippen LogP contribution is 2.29. The number of H-pyrrole nitrogens is 1. The molecular weight excluding hydrogens is 280 g/mol. The van der Waals surface area contributed by atoms with Gasteiger partial charge in [-0.3, -0.25) is 0 Å². The summed E-state index contributed by atoms with van der Waals surface area (Å²) in [5, 5.41) is 0. The number of ether oxygens (including phenoxy) is 1. The summed E-state index contributed by atoms with van der Waals surface area (Å²) in [5.41, 5.74) is 3.15. The van der Waals surface area contributed by atoms with Crippen molar-refractivity contribution in [1.82, 2.24) is 9.97 Å². The molecule has 3 nitrogen and oxygen atoms in total. The van der Waals surface area contributed by atoms with E-state index in [1.807, 2.05) is 32.9 Å². The fourth-order valence-corrected chi connectivity index (χ4v) is 2.37. The van der Waals surface area contributed by atoms with Crippen LogP contribution < -0.4 is 4.74 Å². The highest BCUT2D eigenvalue weighted by molar-refractivity contribution is 9.10. The standard InChI is InChI=1S/C13H15BrN2O/c1-4-17-11-6-5-10(7-8(11)2)12-13(14)16-9(3)15-12/h5-7H,4H2,1-3H3,(H,15,16). The number of aromatic nitrogens is 2. The molecule has 0 atom stereocenters. The van der Waals surface area contributed by atoms with Crippen molar-refractivity contribution in [3.05, 3.63) is 34.2 Å². The van der Waals surface area contributed by atoms with Crippen LogP contribution in [0.25, 0.3) is 11.3 Å². The summed E-state index contributed by atoms with van der Waals surface area (Å²) in [4.78, 5) is 7.59.